The summed E-state index contributed by atoms with van der Waals surface area (Å²) in [7, 11) is 3.99. The largest absolute Gasteiger partial charge is 0.506 e. The highest BCUT2D eigenvalue weighted by molar-refractivity contribution is 14.1. The van der Waals surface area contributed by atoms with Crippen LogP contribution < -0.4 is 5.56 Å². The van der Waals surface area contributed by atoms with E-state index < -0.39 is 0 Å². The first kappa shape index (κ1) is 22.0. The number of nitrogens with zero attached hydrogens (tertiary/aromatic N) is 3. The van der Waals surface area contributed by atoms with Crippen molar-refractivity contribution in [2.75, 3.05) is 20.6 Å². The number of aliphatic imine (C=N–C) groups is 2. The smallest absolute Gasteiger partial charge is 0.258 e. The predicted molar refractivity (Wildman–Crippen MR) is 130 cm³/mol. The van der Waals surface area contributed by atoms with Crippen LogP contribution in [0.4, 0.5) is 5.69 Å². The molecule has 0 unspecified atom stereocenters. The SMILES string of the molecule is CN(C)CCC=Nc1ccc(CN=Cc2c(O)[nH]c(=O)c3ccc(I)cc23)cc1O. The number of rotatable bonds is 7. The molecule has 0 atom stereocenters. The number of phenols is 1. The van der Waals surface area contributed by atoms with Gasteiger partial charge in [0.15, 0.2) is 0 Å². The second-order valence-electron chi connectivity index (χ2n) is 7.10. The van der Waals surface area contributed by atoms with Gasteiger partial charge in [-0.2, -0.15) is 0 Å². The third kappa shape index (κ3) is 5.45. The number of aromatic hydroxyl groups is 2. The molecule has 0 bridgehead atoms. The first-order valence-electron chi connectivity index (χ1n) is 9.38. The molecule has 3 rings (SSSR count). The third-order valence-corrected chi connectivity index (χ3v) is 5.14. The van der Waals surface area contributed by atoms with Crippen molar-refractivity contribution in [2.45, 2.75) is 13.0 Å². The lowest BCUT2D eigenvalue weighted by molar-refractivity contribution is 0.423. The van der Waals surface area contributed by atoms with Gasteiger partial charge < -0.3 is 15.1 Å². The van der Waals surface area contributed by atoms with Gasteiger partial charge >= 0.3 is 0 Å². The summed E-state index contributed by atoms with van der Waals surface area (Å²) in [4.78, 5) is 25.2. The van der Waals surface area contributed by atoms with E-state index in [0.29, 0.717) is 28.6 Å². The second kappa shape index (κ2) is 9.86. The summed E-state index contributed by atoms with van der Waals surface area (Å²) in [6.07, 6.45) is 4.13. The summed E-state index contributed by atoms with van der Waals surface area (Å²) >= 11 is 2.16. The van der Waals surface area contributed by atoms with Crippen LogP contribution >= 0.6 is 22.6 Å². The Morgan fingerprint density at radius 3 is 2.67 bits per heavy atom. The Labute approximate surface area is 188 Å². The van der Waals surface area contributed by atoms with Crippen LogP contribution in [0.15, 0.2) is 51.2 Å². The van der Waals surface area contributed by atoms with E-state index >= 15 is 0 Å². The maximum atomic E-state index is 12.1. The Hall–Kier alpha value is -2.72. The Morgan fingerprint density at radius 1 is 1.13 bits per heavy atom. The van der Waals surface area contributed by atoms with E-state index in [1.165, 1.54) is 6.21 Å². The van der Waals surface area contributed by atoms with E-state index in [1.54, 1.807) is 24.4 Å². The number of hydrogen-bond acceptors (Lipinski definition) is 6. The Bertz CT molecular complexity index is 1170. The molecule has 0 saturated heterocycles. The molecular formula is C22H23IN4O3. The number of halogens is 1. The van der Waals surface area contributed by atoms with Gasteiger partial charge in [0.1, 0.15) is 11.4 Å². The van der Waals surface area contributed by atoms with Crippen molar-refractivity contribution in [1.29, 1.82) is 0 Å². The van der Waals surface area contributed by atoms with E-state index in [0.717, 1.165) is 22.1 Å². The van der Waals surface area contributed by atoms with Crippen molar-refractivity contribution < 1.29 is 10.2 Å². The first-order chi connectivity index (χ1) is 14.3. The zero-order valence-electron chi connectivity index (χ0n) is 16.8. The van der Waals surface area contributed by atoms with Crippen molar-refractivity contribution in [3.63, 3.8) is 0 Å². The number of benzene rings is 2. The van der Waals surface area contributed by atoms with Gasteiger partial charge in [0.05, 0.1) is 12.1 Å². The number of phenolic OH excluding ortho intramolecular Hbond substituents is 1. The molecule has 2 aromatic carbocycles. The highest BCUT2D eigenvalue weighted by Crippen LogP contribution is 2.27. The van der Waals surface area contributed by atoms with E-state index in [4.69, 9.17) is 0 Å². The van der Waals surface area contributed by atoms with Crippen LogP contribution in [0.5, 0.6) is 11.6 Å². The number of aromatic nitrogens is 1. The van der Waals surface area contributed by atoms with Crippen molar-refractivity contribution in [2.24, 2.45) is 9.98 Å². The van der Waals surface area contributed by atoms with Crippen LogP contribution in [0.3, 0.4) is 0 Å². The van der Waals surface area contributed by atoms with Crippen LogP contribution in [0, 0.1) is 3.57 Å². The monoisotopic (exact) mass is 518 g/mol. The molecule has 0 aliphatic heterocycles. The molecule has 0 radical (unpaired) electrons. The van der Waals surface area contributed by atoms with Crippen molar-refractivity contribution in [3.05, 3.63) is 61.4 Å². The molecule has 0 amide bonds. The summed E-state index contributed by atoms with van der Waals surface area (Å²) in [5, 5.41) is 21.5. The molecule has 0 spiro atoms. The molecule has 0 aliphatic carbocycles. The maximum Gasteiger partial charge on any atom is 0.258 e. The van der Waals surface area contributed by atoms with Gasteiger partial charge in [-0.3, -0.25) is 19.8 Å². The van der Waals surface area contributed by atoms with Crippen LogP contribution in [0.25, 0.3) is 10.8 Å². The van der Waals surface area contributed by atoms with Crippen LogP contribution in [0.2, 0.25) is 0 Å². The van der Waals surface area contributed by atoms with Gasteiger partial charge in [0.2, 0.25) is 5.88 Å². The van der Waals surface area contributed by atoms with Crippen molar-refractivity contribution in [3.8, 4) is 11.6 Å². The normalized spacial score (nSPS) is 12.0. The van der Waals surface area contributed by atoms with Crippen molar-refractivity contribution in [1.82, 2.24) is 9.88 Å². The van der Waals surface area contributed by atoms with E-state index in [9.17, 15) is 15.0 Å². The summed E-state index contributed by atoms with van der Waals surface area (Å²) < 4.78 is 0.950. The molecule has 3 N–H and O–H groups in total. The second-order valence-corrected chi connectivity index (χ2v) is 8.35. The molecule has 1 heterocycles. The lowest BCUT2D eigenvalue weighted by atomic mass is 10.1. The van der Waals surface area contributed by atoms with Gasteiger partial charge in [-0.25, -0.2) is 0 Å². The quantitative estimate of drug-likeness (QED) is 0.327. The fourth-order valence-corrected chi connectivity index (χ4v) is 3.43. The zero-order valence-corrected chi connectivity index (χ0v) is 18.9. The minimum Gasteiger partial charge on any atom is -0.506 e. The average molecular weight is 518 g/mol. The number of fused-ring (bicyclic) bond motifs is 1. The van der Waals surface area contributed by atoms with E-state index in [1.807, 2.05) is 32.3 Å². The summed E-state index contributed by atoms with van der Waals surface area (Å²) in [6.45, 7) is 1.20. The molecule has 30 heavy (non-hydrogen) atoms. The molecular weight excluding hydrogens is 495 g/mol. The van der Waals surface area contributed by atoms with Crippen molar-refractivity contribution >= 4 is 51.5 Å². The molecule has 0 fully saturated rings. The van der Waals surface area contributed by atoms with Gasteiger partial charge in [-0.1, -0.05) is 6.07 Å². The number of pyridine rings is 1. The highest BCUT2D eigenvalue weighted by Gasteiger charge is 2.10. The highest BCUT2D eigenvalue weighted by atomic mass is 127. The van der Waals surface area contributed by atoms with Crippen LogP contribution in [0.1, 0.15) is 17.5 Å². The fraction of sp³-hybridized carbons (Fsp3) is 0.227. The zero-order chi connectivity index (χ0) is 21.7. The molecule has 0 aliphatic rings. The van der Waals surface area contributed by atoms with Crippen LogP contribution in [-0.4, -0.2) is 53.2 Å². The molecule has 8 heteroatoms. The number of hydrogen-bond donors (Lipinski definition) is 3. The Morgan fingerprint density at radius 2 is 1.93 bits per heavy atom. The topological polar surface area (TPSA) is 101 Å². The average Bonchev–Trinajstić information content (AvgIpc) is 2.68. The first-order valence-corrected chi connectivity index (χ1v) is 10.5. The van der Waals surface area contributed by atoms with Gasteiger partial charge in [-0.15, -0.1) is 0 Å². The maximum absolute atomic E-state index is 12.1. The van der Waals surface area contributed by atoms with Gasteiger partial charge in [0, 0.05) is 33.3 Å². The lowest BCUT2D eigenvalue weighted by Gasteiger charge is -2.06. The number of nitrogens with one attached hydrogen (secondary N) is 1. The third-order valence-electron chi connectivity index (χ3n) is 4.47. The molecule has 3 aromatic rings. The van der Waals surface area contributed by atoms with Gasteiger partial charge in [-0.05, 0) is 79.0 Å². The summed E-state index contributed by atoms with van der Waals surface area (Å²) in [6, 6.07) is 10.6. The molecule has 7 nitrogen and oxygen atoms in total. The van der Waals surface area contributed by atoms with E-state index in [-0.39, 0.29) is 17.2 Å². The molecule has 156 valence electrons. The lowest BCUT2D eigenvalue weighted by Crippen LogP contribution is -2.12. The van der Waals surface area contributed by atoms with E-state index in [2.05, 4.69) is 42.5 Å². The fourth-order valence-electron chi connectivity index (χ4n) is 2.94. The summed E-state index contributed by atoms with van der Waals surface area (Å²) in [5.41, 5.74) is 1.43. The Kier molecular flexibility index (Phi) is 7.22. The van der Waals surface area contributed by atoms with Crippen LogP contribution in [-0.2, 0) is 6.54 Å². The summed E-state index contributed by atoms with van der Waals surface area (Å²) in [5.74, 6) is -0.126. The standard InChI is InChI=1S/C22H23IN4O3/c1-27(2)9-3-8-25-19-7-4-14(10-20(19)28)12-24-13-18-17-11-15(23)5-6-16(17)21(29)26-22(18)30/h4-8,10-11,13,28H,3,9,12H2,1-2H3,(H2,26,29,30). The Balaban J connectivity index is 1.77. The van der Waals surface area contributed by atoms with Gasteiger partial charge in [0.25, 0.3) is 5.56 Å². The minimum absolute atomic E-state index is 0.0932. The minimum atomic E-state index is -0.345. The molecule has 1 aromatic heterocycles. The molecule has 0 saturated carbocycles. The number of H-pyrrole nitrogens is 1. The number of aromatic amines is 1. The predicted octanol–water partition coefficient (Wildman–Crippen LogP) is 3.82.